The molecule has 4 rings (SSSR count). The third kappa shape index (κ3) is 2.21. The van der Waals surface area contributed by atoms with Crippen LogP contribution >= 0.6 is 0 Å². The molecule has 21 heavy (non-hydrogen) atoms. The van der Waals surface area contributed by atoms with Gasteiger partial charge in [0.1, 0.15) is 0 Å². The van der Waals surface area contributed by atoms with Crippen molar-refractivity contribution >= 4 is 11.7 Å². The minimum absolute atomic E-state index is 0.0414. The highest BCUT2D eigenvalue weighted by Crippen LogP contribution is 2.54. The number of fused-ring (bicyclic) bond motifs is 1. The maximum atomic E-state index is 12.3. The molecule has 0 unspecified atom stereocenters. The van der Waals surface area contributed by atoms with Crippen LogP contribution in [0.3, 0.4) is 0 Å². The van der Waals surface area contributed by atoms with E-state index in [1.807, 2.05) is 18.2 Å². The van der Waals surface area contributed by atoms with Gasteiger partial charge in [-0.3, -0.25) is 14.9 Å². The van der Waals surface area contributed by atoms with Gasteiger partial charge in [0.2, 0.25) is 5.91 Å². The molecule has 2 aliphatic carbocycles. The number of hydrogen-bond donors (Lipinski definition) is 3. The third-order valence-corrected chi connectivity index (χ3v) is 4.62. The van der Waals surface area contributed by atoms with Crippen LogP contribution < -0.4 is 11.1 Å². The van der Waals surface area contributed by atoms with E-state index in [9.17, 15) is 4.79 Å². The van der Waals surface area contributed by atoms with Crippen LogP contribution in [0.2, 0.25) is 0 Å². The lowest BCUT2D eigenvalue weighted by atomic mass is 10.0. The fourth-order valence-electron chi connectivity index (χ4n) is 3.41. The van der Waals surface area contributed by atoms with Gasteiger partial charge < -0.3 is 11.1 Å². The smallest absolute Gasteiger partial charge is 0.229 e. The molecule has 0 aliphatic heterocycles. The lowest BCUT2D eigenvalue weighted by molar-refractivity contribution is -0.120. The van der Waals surface area contributed by atoms with Crippen LogP contribution in [0.4, 0.5) is 5.82 Å². The van der Waals surface area contributed by atoms with E-state index in [2.05, 4.69) is 20.5 Å². The second-order valence-electron chi connectivity index (χ2n) is 5.97. The maximum absolute atomic E-state index is 12.3. The highest BCUT2D eigenvalue weighted by atomic mass is 16.2. The average Bonchev–Trinajstić information content (AvgIpc) is 3.05. The molecule has 2 aliphatic rings. The summed E-state index contributed by atoms with van der Waals surface area (Å²) in [4.78, 5) is 16.4. The van der Waals surface area contributed by atoms with Crippen LogP contribution in [0.25, 0.3) is 11.3 Å². The molecule has 2 aromatic rings. The SMILES string of the molecule is N[C@@H]1C[C@H](C(=O)Nc2cc(-c3cccnc3)[nH]n2)[C@H]2C[C@H]21. The van der Waals surface area contributed by atoms with E-state index in [0.29, 0.717) is 17.7 Å². The largest absolute Gasteiger partial charge is 0.327 e. The summed E-state index contributed by atoms with van der Waals surface area (Å²) in [6, 6.07) is 5.82. The molecule has 0 bridgehead atoms. The summed E-state index contributed by atoms with van der Waals surface area (Å²) in [5, 5.41) is 9.96. The lowest BCUT2D eigenvalue weighted by Gasteiger charge is -2.12. The summed E-state index contributed by atoms with van der Waals surface area (Å²) < 4.78 is 0. The monoisotopic (exact) mass is 283 g/mol. The van der Waals surface area contributed by atoms with Gasteiger partial charge in [-0.15, -0.1) is 0 Å². The van der Waals surface area contributed by atoms with Gasteiger partial charge in [0.05, 0.1) is 5.69 Å². The molecule has 2 fully saturated rings. The number of pyridine rings is 1. The van der Waals surface area contributed by atoms with Crippen molar-refractivity contribution in [1.82, 2.24) is 15.2 Å². The first-order chi connectivity index (χ1) is 10.2. The Bertz CT molecular complexity index is 668. The highest BCUT2D eigenvalue weighted by molar-refractivity contribution is 5.93. The zero-order valence-corrected chi connectivity index (χ0v) is 11.5. The number of hydrogen-bond acceptors (Lipinski definition) is 4. The highest BCUT2D eigenvalue weighted by Gasteiger charge is 2.55. The number of nitrogens with one attached hydrogen (secondary N) is 2. The molecular weight excluding hydrogens is 266 g/mol. The van der Waals surface area contributed by atoms with E-state index in [1.165, 1.54) is 0 Å². The Morgan fingerprint density at radius 2 is 2.29 bits per heavy atom. The van der Waals surface area contributed by atoms with Crippen molar-refractivity contribution in [3.05, 3.63) is 30.6 Å². The van der Waals surface area contributed by atoms with E-state index in [4.69, 9.17) is 5.73 Å². The molecule has 2 saturated carbocycles. The quantitative estimate of drug-likeness (QED) is 0.793. The van der Waals surface area contributed by atoms with E-state index in [0.717, 1.165) is 24.1 Å². The standard InChI is InChI=1S/C15H17N5O/c16-12-5-11(9-4-10(9)12)15(21)18-14-6-13(19-20-14)8-2-1-3-17-7-8/h1-3,6-7,9-12H,4-5,16H2,(H2,18,19,20,21)/t9-,10+,11-,12+/m0/s1. The number of carbonyl (C=O) groups excluding carboxylic acids is 1. The van der Waals surface area contributed by atoms with Gasteiger partial charge >= 0.3 is 0 Å². The number of carbonyl (C=O) groups is 1. The number of aromatic amines is 1. The number of nitrogens with two attached hydrogens (primary N) is 1. The molecule has 4 atom stereocenters. The Kier molecular flexibility index (Phi) is 2.78. The molecule has 0 aromatic carbocycles. The Morgan fingerprint density at radius 1 is 1.38 bits per heavy atom. The van der Waals surface area contributed by atoms with Crippen molar-refractivity contribution in [2.24, 2.45) is 23.5 Å². The van der Waals surface area contributed by atoms with Crippen molar-refractivity contribution in [3.63, 3.8) is 0 Å². The number of nitrogens with zero attached hydrogens (tertiary/aromatic N) is 2. The topological polar surface area (TPSA) is 96.7 Å². The number of H-pyrrole nitrogens is 1. The first-order valence-electron chi connectivity index (χ1n) is 7.24. The number of aromatic nitrogens is 3. The first kappa shape index (κ1) is 12.5. The van der Waals surface area contributed by atoms with Crippen LogP contribution in [0.5, 0.6) is 0 Å². The van der Waals surface area contributed by atoms with Crippen molar-refractivity contribution in [2.75, 3.05) is 5.32 Å². The zero-order valence-electron chi connectivity index (χ0n) is 11.5. The fourth-order valence-corrected chi connectivity index (χ4v) is 3.41. The Morgan fingerprint density at radius 3 is 2.95 bits per heavy atom. The van der Waals surface area contributed by atoms with E-state index in [-0.39, 0.29) is 17.9 Å². The molecule has 6 heteroatoms. The molecule has 4 N–H and O–H groups in total. The summed E-state index contributed by atoms with van der Waals surface area (Å²) in [5.74, 6) is 1.68. The van der Waals surface area contributed by atoms with Crippen LogP contribution in [0, 0.1) is 17.8 Å². The second-order valence-corrected chi connectivity index (χ2v) is 5.97. The Balaban J connectivity index is 1.46. The summed E-state index contributed by atoms with van der Waals surface area (Å²) in [5.41, 5.74) is 7.79. The first-order valence-corrected chi connectivity index (χ1v) is 7.24. The molecule has 2 aromatic heterocycles. The van der Waals surface area contributed by atoms with E-state index >= 15 is 0 Å². The molecule has 108 valence electrons. The van der Waals surface area contributed by atoms with Crippen LogP contribution in [-0.2, 0) is 4.79 Å². The predicted molar refractivity (Wildman–Crippen MR) is 78.1 cm³/mol. The van der Waals surface area contributed by atoms with Gasteiger partial charge in [0.25, 0.3) is 0 Å². The van der Waals surface area contributed by atoms with E-state index in [1.54, 1.807) is 12.4 Å². The molecule has 1 amide bonds. The summed E-state index contributed by atoms with van der Waals surface area (Å²) >= 11 is 0. The van der Waals surface area contributed by atoms with Gasteiger partial charge in [0, 0.05) is 36.0 Å². The van der Waals surface area contributed by atoms with Crippen molar-refractivity contribution in [2.45, 2.75) is 18.9 Å². The van der Waals surface area contributed by atoms with Gasteiger partial charge in [-0.05, 0) is 36.8 Å². The lowest BCUT2D eigenvalue weighted by Crippen LogP contribution is -2.27. The molecule has 0 saturated heterocycles. The molecule has 0 spiro atoms. The predicted octanol–water partition coefficient (Wildman–Crippen LogP) is 1.39. The molecular formula is C15H17N5O. The summed E-state index contributed by atoms with van der Waals surface area (Å²) in [7, 11) is 0. The number of rotatable bonds is 3. The van der Waals surface area contributed by atoms with Crippen LogP contribution in [0.1, 0.15) is 12.8 Å². The van der Waals surface area contributed by atoms with Gasteiger partial charge in [-0.25, -0.2) is 0 Å². The molecule has 6 nitrogen and oxygen atoms in total. The second kappa shape index (κ2) is 4.66. The molecule has 0 radical (unpaired) electrons. The van der Waals surface area contributed by atoms with Crippen LogP contribution in [-0.4, -0.2) is 27.1 Å². The van der Waals surface area contributed by atoms with Gasteiger partial charge in [0.15, 0.2) is 5.82 Å². The minimum Gasteiger partial charge on any atom is -0.327 e. The van der Waals surface area contributed by atoms with Crippen LogP contribution in [0.15, 0.2) is 30.6 Å². The number of anilines is 1. The average molecular weight is 283 g/mol. The van der Waals surface area contributed by atoms with Gasteiger partial charge in [-0.2, -0.15) is 5.10 Å². The number of amides is 1. The Hall–Kier alpha value is -2.21. The van der Waals surface area contributed by atoms with Gasteiger partial charge in [-0.1, -0.05) is 0 Å². The Labute approximate surface area is 122 Å². The zero-order chi connectivity index (χ0) is 14.4. The fraction of sp³-hybridized carbons (Fsp3) is 0.400. The normalized spacial score (nSPS) is 30.0. The minimum atomic E-state index is 0.0414. The summed E-state index contributed by atoms with van der Waals surface area (Å²) in [6.07, 6.45) is 5.36. The van der Waals surface area contributed by atoms with E-state index < -0.39 is 0 Å². The maximum Gasteiger partial charge on any atom is 0.229 e. The van der Waals surface area contributed by atoms with Crippen molar-refractivity contribution in [1.29, 1.82) is 0 Å². The molecule has 2 heterocycles. The summed E-state index contributed by atoms with van der Waals surface area (Å²) in [6.45, 7) is 0. The third-order valence-electron chi connectivity index (χ3n) is 4.62. The van der Waals surface area contributed by atoms with Crippen molar-refractivity contribution < 1.29 is 4.79 Å². The van der Waals surface area contributed by atoms with Crippen molar-refractivity contribution in [3.8, 4) is 11.3 Å².